The van der Waals surface area contributed by atoms with Crippen molar-refractivity contribution in [2.24, 2.45) is 5.92 Å². The Labute approximate surface area is 133 Å². The third-order valence-electron chi connectivity index (χ3n) is 3.59. The molecule has 24 heavy (non-hydrogen) atoms. The zero-order valence-corrected chi connectivity index (χ0v) is 12.4. The van der Waals surface area contributed by atoms with Gasteiger partial charge in [0.2, 0.25) is 0 Å². The number of amides is 2. The molecule has 0 aromatic heterocycles. The highest BCUT2D eigenvalue weighted by molar-refractivity contribution is 5.83. The first-order valence-corrected chi connectivity index (χ1v) is 6.90. The molecule has 10 heteroatoms. The molecule has 1 fully saturated rings. The van der Waals surface area contributed by atoms with E-state index in [1.807, 2.05) is 5.32 Å². The molecule has 1 saturated heterocycles. The number of esters is 1. The number of hydrogen-bond donors (Lipinski definition) is 3. The van der Waals surface area contributed by atoms with Gasteiger partial charge in [-0.15, -0.1) is 0 Å². The molecule has 3 N–H and O–H groups in total. The molecule has 132 valence electrons. The van der Waals surface area contributed by atoms with Crippen molar-refractivity contribution in [3.05, 3.63) is 35.6 Å². The van der Waals surface area contributed by atoms with E-state index in [2.05, 4.69) is 4.74 Å². The summed E-state index contributed by atoms with van der Waals surface area (Å²) in [5.74, 6) is -4.71. The van der Waals surface area contributed by atoms with Gasteiger partial charge in [0.1, 0.15) is 11.7 Å². The summed E-state index contributed by atoms with van der Waals surface area (Å²) < 4.78 is 58.6. The molecule has 0 saturated carbocycles. The third-order valence-corrected chi connectivity index (χ3v) is 3.59. The van der Waals surface area contributed by atoms with Gasteiger partial charge in [0.15, 0.2) is 0 Å². The highest BCUT2D eigenvalue weighted by Gasteiger charge is 2.67. The summed E-state index contributed by atoms with van der Waals surface area (Å²) in [7, 11) is 0. The molecule has 3 atom stereocenters. The minimum atomic E-state index is -5.40. The Morgan fingerprint density at radius 2 is 2.00 bits per heavy atom. The van der Waals surface area contributed by atoms with E-state index in [1.54, 1.807) is 0 Å². The van der Waals surface area contributed by atoms with Crippen molar-refractivity contribution in [3.8, 4) is 0 Å². The monoisotopic (exact) mass is 350 g/mol. The quantitative estimate of drug-likeness (QED) is 0.571. The molecule has 0 aliphatic carbocycles. The maximum absolute atomic E-state index is 14.0. The molecule has 6 nitrogen and oxygen atoms in total. The normalized spacial score (nSPS) is 27.2. The van der Waals surface area contributed by atoms with Crippen molar-refractivity contribution < 1.29 is 37.0 Å². The first-order chi connectivity index (χ1) is 11.1. The van der Waals surface area contributed by atoms with Gasteiger partial charge < -0.3 is 20.5 Å². The number of aliphatic hydroxyl groups is 1. The largest absolute Gasteiger partial charge is 0.466 e. The molecular formula is C14H14F4N2O4. The van der Waals surface area contributed by atoms with Gasteiger partial charge in [-0.2, -0.15) is 13.2 Å². The Balaban J connectivity index is 2.60. The Hall–Kier alpha value is -2.36. The zero-order valence-electron chi connectivity index (χ0n) is 12.4. The van der Waals surface area contributed by atoms with E-state index in [1.165, 1.54) is 24.4 Å². The highest BCUT2D eigenvalue weighted by atomic mass is 19.4. The van der Waals surface area contributed by atoms with Crippen LogP contribution in [0.3, 0.4) is 0 Å². The summed E-state index contributed by atoms with van der Waals surface area (Å²) in [4.78, 5) is 23.7. The summed E-state index contributed by atoms with van der Waals surface area (Å²) in [6, 6.07) is 1.50. The van der Waals surface area contributed by atoms with Crippen molar-refractivity contribution in [2.75, 3.05) is 6.61 Å². The van der Waals surface area contributed by atoms with Gasteiger partial charge in [0.25, 0.3) is 5.72 Å². The number of hydrogen-bond acceptors (Lipinski definition) is 4. The Morgan fingerprint density at radius 3 is 2.54 bits per heavy atom. The maximum Gasteiger partial charge on any atom is 0.437 e. The standard InChI is InChI=1S/C14H14F4N2O4/c1-2-24-11(21)9-10(7-5-3-4-6-8(7)15)19-12(22)20-13(9,23)14(16,17)18/h3-6,9-10,23H,2H2,1H3,(H2,19,20,22)/t9-,10+,13+/m0/s1. The SMILES string of the molecule is CCOC(=O)[C@@H]1[C@@H](c2ccccc2F)NC(=O)N[C@]1(O)C(F)(F)F. The number of rotatable bonds is 3. The molecule has 2 rings (SSSR count). The molecule has 0 bridgehead atoms. The van der Waals surface area contributed by atoms with Gasteiger partial charge in [-0.1, -0.05) is 18.2 Å². The van der Waals surface area contributed by atoms with Crippen LogP contribution < -0.4 is 10.6 Å². The third kappa shape index (κ3) is 3.01. The second-order valence-electron chi connectivity index (χ2n) is 5.09. The van der Waals surface area contributed by atoms with Gasteiger partial charge in [0, 0.05) is 5.56 Å². The van der Waals surface area contributed by atoms with E-state index in [4.69, 9.17) is 0 Å². The van der Waals surface area contributed by atoms with Crippen LogP contribution in [0, 0.1) is 11.7 Å². The van der Waals surface area contributed by atoms with Crippen LogP contribution in [0.4, 0.5) is 22.4 Å². The topological polar surface area (TPSA) is 87.7 Å². The smallest absolute Gasteiger partial charge is 0.437 e. The van der Waals surface area contributed by atoms with E-state index in [-0.39, 0.29) is 12.2 Å². The number of ether oxygens (including phenoxy) is 1. The van der Waals surface area contributed by atoms with Crippen LogP contribution in [0.15, 0.2) is 24.3 Å². The minimum Gasteiger partial charge on any atom is -0.466 e. The number of urea groups is 1. The highest BCUT2D eigenvalue weighted by Crippen LogP contribution is 2.43. The Morgan fingerprint density at radius 1 is 1.38 bits per heavy atom. The second kappa shape index (κ2) is 6.27. The molecule has 0 spiro atoms. The van der Waals surface area contributed by atoms with Crippen molar-refractivity contribution in [1.82, 2.24) is 10.6 Å². The minimum absolute atomic E-state index is 0.263. The maximum atomic E-state index is 14.0. The predicted octanol–water partition coefficient (Wildman–Crippen LogP) is 1.61. The number of alkyl halides is 3. The van der Waals surface area contributed by atoms with Crippen LogP contribution in [0.25, 0.3) is 0 Å². The van der Waals surface area contributed by atoms with Crippen molar-refractivity contribution in [3.63, 3.8) is 0 Å². The molecule has 1 aliphatic rings. The fourth-order valence-electron chi connectivity index (χ4n) is 2.52. The Bertz CT molecular complexity index is 652. The van der Waals surface area contributed by atoms with Crippen LogP contribution in [0.1, 0.15) is 18.5 Å². The molecule has 1 aromatic rings. The lowest BCUT2D eigenvalue weighted by atomic mass is 9.82. The number of halogens is 4. The zero-order chi connectivity index (χ0) is 18.1. The van der Waals surface area contributed by atoms with Crippen molar-refractivity contribution in [2.45, 2.75) is 24.9 Å². The molecule has 1 aromatic carbocycles. The first kappa shape index (κ1) is 18.0. The van der Waals surface area contributed by atoms with E-state index in [9.17, 15) is 32.3 Å². The van der Waals surface area contributed by atoms with E-state index < -0.39 is 41.7 Å². The van der Waals surface area contributed by atoms with E-state index in [0.717, 1.165) is 12.1 Å². The summed E-state index contributed by atoms with van der Waals surface area (Å²) in [6.07, 6.45) is -5.40. The molecule has 0 radical (unpaired) electrons. The van der Waals surface area contributed by atoms with Gasteiger partial charge in [-0.3, -0.25) is 4.79 Å². The lowest BCUT2D eigenvalue weighted by Crippen LogP contribution is -2.73. The van der Waals surface area contributed by atoms with E-state index in [0.29, 0.717) is 0 Å². The fraction of sp³-hybridized carbons (Fsp3) is 0.429. The average Bonchev–Trinajstić information content (AvgIpc) is 2.45. The van der Waals surface area contributed by atoms with Crippen LogP contribution >= 0.6 is 0 Å². The van der Waals surface area contributed by atoms with E-state index >= 15 is 0 Å². The molecule has 1 aliphatic heterocycles. The van der Waals surface area contributed by atoms with Crippen LogP contribution in [-0.2, 0) is 9.53 Å². The molecule has 1 heterocycles. The van der Waals surface area contributed by atoms with Crippen LogP contribution in [0.5, 0.6) is 0 Å². The first-order valence-electron chi connectivity index (χ1n) is 6.90. The molecule has 0 unspecified atom stereocenters. The van der Waals surface area contributed by atoms with Crippen LogP contribution in [0.2, 0.25) is 0 Å². The number of carbonyl (C=O) groups excluding carboxylic acids is 2. The Kier molecular flexibility index (Phi) is 4.70. The van der Waals surface area contributed by atoms with Crippen molar-refractivity contribution in [1.29, 1.82) is 0 Å². The van der Waals surface area contributed by atoms with Gasteiger partial charge in [0.05, 0.1) is 12.6 Å². The lowest BCUT2D eigenvalue weighted by molar-refractivity contribution is -0.294. The fourth-order valence-corrected chi connectivity index (χ4v) is 2.52. The van der Waals surface area contributed by atoms with Gasteiger partial charge in [-0.25, -0.2) is 9.18 Å². The van der Waals surface area contributed by atoms with Crippen molar-refractivity contribution >= 4 is 12.0 Å². The molecule has 2 amide bonds. The molecular weight excluding hydrogens is 336 g/mol. The number of carbonyl (C=O) groups is 2. The average molecular weight is 350 g/mol. The summed E-state index contributed by atoms with van der Waals surface area (Å²) in [5, 5.41) is 13.4. The summed E-state index contributed by atoms with van der Waals surface area (Å²) in [6.45, 7) is 1.10. The number of nitrogens with one attached hydrogen (secondary N) is 2. The summed E-state index contributed by atoms with van der Waals surface area (Å²) in [5.41, 5.74) is -4.29. The number of benzene rings is 1. The van der Waals surface area contributed by atoms with Gasteiger partial charge >= 0.3 is 18.2 Å². The second-order valence-corrected chi connectivity index (χ2v) is 5.09. The predicted molar refractivity (Wildman–Crippen MR) is 71.9 cm³/mol. The lowest BCUT2D eigenvalue weighted by Gasteiger charge is -2.44. The van der Waals surface area contributed by atoms with Gasteiger partial charge in [-0.05, 0) is 13.0 Å². The van der Waals surface area contributed by atoms with Crippen LogP contribution in [-0.4, -0.2) is 35.6 Å². The summed E-state index contributed by atoms with van der Waals surface area (Å²) >= 11 is 0.